The Kier molecular flexibility index (Phi) is 6.37. The summed E-state index contributed by atoms with van der Waals surface area (Å²) in [4.78, 5) is 26.7. The molecule has 1 saturated heterocycles. The number of benzene rings is 2. The van der Waals surface area contributed by atoms with E-state index >= 15 is 0 Å². The van der Waals surface area contributed by atoms with Crippen LogP contribution >= 0.6 is 0 Å². The van der Waals surface area contributed by atoms with Crippen LogP contribution in [0.2, 0.25) is 0 Å². The number of para-hydroxylation sites is 2. The molecule has 0 radical (unpaired) electrons. The van der Waals surface area contributed by atoms with Crippen LogP contribution in [0.1, 0.15) is 40.5 Å². The summed E-state index contributed by atoms with van der Waals surface area (Å²) in [6.45, 7) is 8.84. The van der Waals surface area contributed by atoms with Gasteiger partial charge in [-0.25, -0.2) is 4.79 Å². The third kappa shape index (κ3) is 5.17. The molecular formula is C25H31N5O3. The van der Waals surface area contributed by atoms with E-state index in [1.54, 1.807) is 6.20 Å². The molecular weight excluding hydrogens is 418 g/mol. The summed E-state index contributed by atoms with van der Waals surface area (Å²) in [6, 6.07) is 14.0. The minimum absolute atomic E-state index is 0.113. The fourth-order valence-corrected chi connectivity index (χ4v) is 4.20. The first-order valence-electron chi connectivity index (χ1n) is 11.3. The first-order chi connectivity index (χ1) is 15.7. The second-order valence-corrected chi connectivity index (χ2v) is 9.35. The molecule has 2 N–H and O–H groups in total. The molecule has 1 amide bonds. The lowest BCUT2D eigenvalue weighted by Gasteiger charge is -2.37. The zero-order chi connectivity index (χ0) is 23.6. The average molecular weight is 450 g/mol. The maximum Gasteiger partial charge on any atom is 0.435 e. The van der Waals surface area contributed by atoms with E-state index in [1.807, 2.05) is 63.2 Å². The normalized spacial score (nSPS) is 16.4. The largest absolute Gasteiger partial charge is 0.442 e. The van der Waals surface area contributed by atoms with Gasteiger partial charge < -0.3 is 20.3 Å². The van der Waals surface area contributed by atoms with Gasteiger partial charge in [-0.05, 0) is 70.5 Å². The van der Waals surface area contributed by atoms with Crippen LogP contribution in [-0.4, -0.2) is 46.5 Å². The molecule has 8 heteroatoms. The third-order valence-electron chi connectivity index (χ3n) is 5.51. The monoisotopic (exact) mass is 449 g/mol. The smallest absolute Gasteiger partial charge is 0.435 e. The van der Waals surface area contributed by atoms with E-state index in [4.69, 9.17) is 4.74 Å². The number of carbonyl (C=O) groups is 2. The van der Waals surface area contributed by atoms with E-state index in [0.717, 1.165) is 48.4 Å². The standard InChI is InChI=1S/C25H31N5O3/c1-17(31)28-21-9-5-6-10-23(21)29(20-8-7-13-26-16-20)19-11-12-22-18(14-19)15-27-30(22)24(32)33-25(2,3)4/h5-6,9-12,14-15,20,26H,7-8,13,16H2,1-4H3,(H,28,31). The maximum atomic E-state index is 12.6. The Balaban J connectivity index is 1.76. The van der Waals surface area contributed by atoms with Crippen molar-refractivity contribution >= 4 is 40.0 Å². The minimum atomic E-state index is -0.604. The van der Waals surface area contributed by atoms with Crippen LogP contribution in [0, 0.1) is 0 Å². The molecule has 33 heavy (non-hydrogen) atoms. The number of fused-ring (bicyclic) bond motifs is 1. The summed E-state index contributed by atoms with van der Waals surface area (Å²) in [7, 11) is 0. The quantitative estimate of drug-likeness (QED) is 0.602. The lowest BCUT2D eigenvalue weighted by atomic mass is 10.0. The second-order valence-electron chi connectivity index (χ2n) is 9.35. The molecule has 3 aromatic rings. The van der Waals surface area contributed by atoms with Gasteiger partial charge in [0.15, 0.2) is 0 Å². The number of aromatic nitrogens is 2. The van der Waals surface area contributed by atoms with Crippen LogP contribution in [0.3, 0.4) is 0 Å². The predicted octanol–water partition coefficient (Wildman–Crippen LogP) is 4.67. The summed E-state index contributed by atoms with van der Waals surface area (Å²) in [5.41, 5.74) is 2.75. The summed E-state index contributed by atoms with van der Waals surface area (Å²) in [6.07, 6.45) is 3.27. The van der Waals surface area contributed by atoms with Crippen molar-refractivity contribution in [2.75, 3.05) is 23.3 Å². The first-order valence-corrected chi connectivity index (χ1v) is 11.3. The number of amides is 1. The molecule has 0 aliphatic carbocycles. The van der Waals surface area contributed by atoms with Crippen LogP contribution in [0.25, 0.3) is 10.9 Å². The first kappa shape index (κ1) is 22.8. The Morgan fingerprint density at radius 1 is 1.21 bits per heavy atom. The van der Waals surface area contributed by atoms with Crippen LogP contribution in [-0.2, 0) is 9.53 Å². The van der Waals surface area contributed by atoms with Gasteiger partial charge in [0.1, 0.15) is 5.60 Å². The number of hydrogen-bond donors (Lipinski definition) is 2. The Morgan fingerprint density at radius 2 is 2.00 bits per heavy atom. The number of hydrogen-bond acceptors (Lipinski definition) is 6. The van der Waals surface area contributed by atoms with Gasteiger partial charge >= 0.3 is 6.09 Å². The van der Waals surface area contributed by atoms with E-state index in [1.165, 1.54) is 11.6 Å². The highest BCUT2D eigenvalue weighted by atomic mass is 16.6. The van der Waals surface area contributed by atoms with E-state index in [2.05, 4.69) is 20.6 Å². The zero-order valence-corrected chi connectivity index (χ0v) is 19.6. The second kappa shape index (κ2) is 9.23. The molecule has 1 fully saturated rings. The van der Waals surface area contributed by atoms with E-state index in [9.17, 15) is 9.59 Å². The summed E-state index contributed by atoms with van der Waals surface area (Å²) in [5, 5.41) is 11.6. The van der Waals surface area contributed by atoms with Crippen molar-refractivity contribution in [1.82, 2.24) is 15.1 Å². The predicted molar refractivity (Wildman–Crippen MR) is 130 cm³/mol. The Morgan fingerprint density at radius 3 is 2.70 bits per heavy atom. The Hall–Kier alpha value is -3.39. The van der Waals surface area contributed by atoms with Crippen molar-refractivity contribution in [3.63, 3.8) is 0 Å². The number of rotatable bonds is 4. The van der Waals surface area contributed by atoms with Gasteiger partial charge in [-0.2, -0.15) is 9.78 Å². The van der Waals surface area contributed by atoms with E-state index in [-0.39, 0.29) is 11.9 Å². The average Bonchev–Trinajstić information content (AvgIpc) is 3.18. The molecule has 4 rings (SSSR count). The zero-order valence-electron chi connectivity index (χ0n) is 19.6. The van der Waals surface area contributed by atoms with Gasteiger partial charge in [-0.15, -0.1) is 0 Å². The maximum absolute atomic E-state index is 12.6. The highest BCUT2D eigenvalue weighted by Crippen LogP contribution is 2.37. The van der Waals surface area contributed by atoms with Crippen LogP contribution in [0.4, 0.5) is 21.9 Å². The summed E-state index contributed by atoms with van der Waals surface area (Å²) < 4.78 is 6.78. The Bertz CT molecular complexity index is 1160. The van der Waals surface area contributed by atoms with Gasteiger partial charge in [0.05, 0.1) is 23.1 Å². The fourth-order valence-electron chi connectivity index (χ4n) is 4.20. The molecule has 8 nitrogen and oxygen atoms in total. The van der Waals surface area contributed by atoms with Gasteiger partial charge in [-0.1, -0.05) is 12.1 Å². The van der Waals surface area contributed by atoms with Crippen molar-refractivity contribution in [1.29, 1.82) is 0 Å². The van der Waals surface area contributed by atoms with Crippen molar-refractivity contribution in [2.24, 2.45) is 0 Å². The van der Waals surface area contributed by atoms with Crippen LogP contribution in [0.15, 0.2) is 48.7 Å². The molecule has 2 aromatic carbocycles. The van der Waals surface area contributed by atoms with Gasteiger partial charge in [0, 0.05) is 30.6 Å². The molecule has 1 unspecified atom stereocenters. The van der Waals surface area contributed by atoms with Crippen molar-refractivity contribution in [3.8, 4) is 0 Å². The molecule has 174 valence electrons. The molecule has 0 bridgehead atoms. The topological polar surface area (TPSA) is 88.5 Å². The van der Waals surface area contributed by atoms with Crippen LogP contribution < -0.4 is 15.5 Å². The van der Waals surface area contributed by atoms with Crippen LogP contribution in [0.5, 0.6) is 0 Å². The molecule has 0 spiro atoms. The van der Waals surface area contributed by atoms with E-state index < -0.39 is 11.7 Å². The lowest BCUT2D eigenvalue weighted by Crippen LogP contribution is -2.44. The highest BCUT2D eigenvalue weighted by molar-refractivity contribution is 5.95. The SMILES string of the molecule is CC(=O)Nc1ccccc1N(c1ccc2c(cnn2C(=O)OC(C)(C)C)c1)C1CCCNC1. The lowest BCUT2D eigenvalue weighted by molar-refractivity contribution is -0.114. The Labute approximate surface area is 193 Å². The van der Waals surface area contributed by atoms with Gasteiger partial charge in [0.2, 0.25) is 5.91 Å². The molecule has 0 saturated carbocycles. The summed E-state index contributed by atoms with van der Waals surface area (Å²) in [5.74, 6) is -0.113. The number of carbonyl (C=O) groups excluding carboxylic acids is 2. The van der Waals surface area contributed by atoms with Crippen molar-refractivity contribution < 1.29 is 14.3 Å². The number of ether oxygens (including phenoxy) is 1. The van der Waals surface area contributed by atoms with Gasteiger partial charge in [0.25, 0.3) is 0 Å². The highest BCUT2D eigenvalue weighted by Gasteiger charge is 2.26. The molecule has 2 heterocycles. The molecule has 1 atom stereocenters. The van der Waals surface area contributed by atoms with Crippen molar-refractivity contribution in [2.45, 2.75) is 52.2 Å². The fraction of sp³-hybridized carbons (Fsp3) is 0.400. The minimum Gasteiger partial charge on any atom is -0.442 e. The van der Waals surface area contributed by atoms with Gasteiger partial charge in [-0.3, -0.25) is 4.79 Å². The van der Waals surface area contributed by atoms with E-state index in [0.29, 0.717) is 5.52 Å². The molecule has 1 aliphatic heterocycles. The number of piperidine rings is 1. The van der Waals surface area contributed by atoms with Crippen molar-refractivity contribution in [3.05, 3.63) is 48.7 Å². The molecule has 1 aromatic heterocycles. The molecule has 1 aliphatic rings. The third-order valence-corrected chi connectivity index (χ3v) is 5.51. The number of anilines is 3. The number of nitrogens with zero attached hydrogens (tertiary/aromatic N) is 3. The number of nitrogens with one attached hydrogen (secondary N) is 2. The summed E-state index contributed by atoms with van der Waals surface area (Å²) >= 11 is 0.